The average molecular weight is 398 g/mol. The van der Waals surface area contributed by atoms with Gasteiger partial charge in [-0.05, 0) is 44.9 Å². The summed E-state index contributed by atoms with van der Waals surface area (Å²) in [6, 6.07) is 0.685. The molecule has 3 rings (SSSR count). The van der Waals surface area contributed by atoms with Crippen molar-refractivity contribution in [3.8, 4) is 0 Å². The summed E-state index contributed by atoms with van der Waals surface area (Å²) < 4.78 is 6.75. The van der Waals surface area contributed by atoms with Crippen molar-refractivity contribution < 1.29 is 9.53 Å². The molecule has 2 saturated carbocycles. The van der Waals surface area contributed by atoms with Gasteiger partial charge in [-0.2, -0.15) is 0 Å². The largest absolute Gasteiger partial charge is 0.378 e. The van der Waals surface area contributed by atoms with E-state index in [1.807, 2.05) is 0 Å². The van der Waals surface area contributed by atoms with E-state index in [4.69, 9.17) is 4.74 Å². The first-order valence-corrected chi connectivity index (χ1v) is 11.3. The van der Waals surface area contributed by atoms with Crippen LogP contribution in [0, 0.1) is 0 Å². The maximum Gasteiger partial charge on any atom is 0.324 e. The lowest BCUT2D eigenvalue weighted by Crippen LogP contribution is -2.51. The third-order valence-corrected chi connectivity index (χ3v) is 6.61. The van der Waals surface area contributed by atoms with Crippen LogP contribution in [0.4, 0.5) is 9.93 Å². The van der Waals surface area contributed by atoms with Gasteiger partial charge in [-0.25, -0.2) is 9.78 Å². The first-order chi connectivity index (χ1) is 12.7. The molecule has 0 aromatic carbocycles. The number of rotatable bonds is 6. The van der Waals surface area contributed by atoms with Crippen molar-refractivity contribution >= 4 is 35.1 Å². The van der Waals surface area contributed by atoms with Crippen molar-refractivity contribution in [3.63, 3.8) is 0 Å². The number of nitrogens with zero attached hydrogens (tertiary/aromatic N) is 2. The SMILES string of the molecule is CCCOC1CCC(N(C(=O)Nc2ncc(S)s2)C2CCCCC2)CC1. The van der Waals surface area contributed by atoms with E-state index < -0.39 is 0 Å². The molecule has 2 amide bonds. The maximum absolute atomic E-state index is 13.1. The molecule has 0 radical (unpaired) electrons. The van der Waals surface area contributed by atoms with Gasteiger partial charge in [0.1, 0.15) is 0 Å². The number of ether oxygens (including phenoxy) is 1. The van der Waals surface area contributed by atoms with Gasteiger partial charge in [0.2, 0.25) is 0 Å². The lowest BCUT2D eigenvalue weighted by atomic mass is 9.88. The van der Waals surface area contributed by atoms with Crippen LogP contribution in [0.3, 0.4) is 0 Å². The minimum atomic E-state index is 0.0116. The van der Waals surface area contributed by atoms with Gasteiger partial charge in [0.05, 0.1) is 16.5 Å². The van der Waals surface area contributed by atoms with Crippen LogP contribution in [0.15, 0.2) is 10.4 Å². The Labute approximate surface area is 166 Å². The van der Waals surface area contributed by atoms with Crippen molar-refractivity contribution in [2.45, 2.75) is 93.5 Å². The number of hydrogen-bond donors (Lipinski definition) is 2. The summed E-state index contributed by atoms with van der Waals surface area (Å²) in [5, 5.41) is 3.66. The lowest BCUT2D eigenvalue weighted by Gasteiger charge is -2.42. The summed E-state index contributed by atoms with van der Waals surface area (Å²) in [4.78, 5) is 19.5. The van der Waals surface area contributed by atoms with E-state index >= 15 is 0 Å². The number of anilines is 1. The molecule has 0 unspecified atom stereocenters. The van der Waals surface area contributed by atoms with Crippen molar-refractivity contribution in [3.05, 3.63) is 6.20 Å². The zero-order valence-electron chi connectivity index (χ0n) is 15.7. The summed E-state index contributed by atoms with van der Waals surface area (Å²) in [7, 11) is 0. The topological polar surface area (TPSA) is 54.5 Å². The van der Waals surface area contributed by atoms with Gasteiger partial charge in [0.15, 0.2) is 5.13 Å². The van der Waals surface area contributed by atoms with Gasteiger partial charge in [-0.3, -0.25) is 5.32 Å². The molecule has 146 valence electrons. The Morgan fingerprint density at radius 1 is 1.23 bits per heavy atom. The predicted octanol–water partition coefficient (Wildman–Crippen LogP) is 5.34. The lowest BCUT2D eigenvalue weighted by molar-refractivity contribution is 0.00648. The predicted molar refractivity (Wildman–Crippen MR) is 109 cm³/mol. The molecule has 0 atom stereocenters. The quantitative estimate of drug-likeness (QED) is 0.637. The Morgan fingerprint density at radius 3 is 2.54 bits per heavy atom. The molecule has 7 heteroatoms. The molecule has 1 aromatic heterocycles. The normalized spacial score (nSPS) is 24.4. The van der Waals surface area contributed by atoms with E-state index in [9.17, 15) is 4.79 Å². The van der Waals surface area contributed by atoms with Crippen molar-refractivity contribution in [2.24, 2.45) is 0 Å². The van der Waals surface area contributed by atoms with Gasteiger partial charge in [0, 0.05) is 18.7 Å². The van der Waals surface area contributed by atoms with Crippen molar-refractivity contribution in [1.82, 2.24) is 9.88 Å². The highest BCUT2D eigenvalue weighted by Gasteiger charge is 2.34. The number of urea groups is 1. The molecular formula is C19H31N3O2S2. The van der Waals surface area contributed by atoms with Crippen molar-refractivity contribution in [1.29, 1.82) is 0 Å². The fourth-order valence-corrected chi connectivity index (χ4v) is 5.11. The Hall–Kier alpha value is -0.790. The molecule has 1 heterocycles. The van der Waals surface area contributed by atoms with Gasteiger partial charge < -0.3 is 9.64 Å². The standard InChI is InChI=1S/C19H31N3O2S2/c1-2-12-24-16-10-8-15(9-11-16)22(14-6-4-3-5-7-14)19(23)21-18-20-13-17(25)26-18/h13-16,25H,2-12H2,1H3,(H,20,21,23). The number of carbonyl (C=O) groups excluding carboxylic acids is 1. The molecule has 5 nitrogen and oxygen atoms in total. The Kier molecular flexibility index (Phi) is 7.64. The van der Waals surface area contributed by atoms with Crippen LogP contribution in [0.2, 0.25) is 0 Å². The van der Waals surface area contributed by atoms with Gasteiger partial charge in [-0.1, -0.05) is 37.5 Å². The second kappa shape index (κ2) is 9.95. The highest BCUT2D eigenvalue weighted by Crippen LogP contribution is 2.32. The molecule has 0 aliphatic heterocycles. The van der Waals surface area contributed by atoms with E-state index in [0.717, 1.165) is 55.8 Å². The third-order valence-electron chi connectivity index (χ3n) is 5.50. The summed E-state index contributed by atoms with van der Waals surface area (Å²) in [5.41, 5.74) is 0. The molecule has 2 fully saturated rings. The molecule has 1 N–H and O–H groups in total. The molecule has 2 aliphatic rings. The second-order valence-electron chi connectivity index (χ2n) is 7.43. The molecule has 2 aliphatic carbocycles. The van der Waals surface area contributed by atoms with Crippen molar-refractivity contribution in [2.75, 3.05) is 11.9 Å². The Morgan fingerprint density at radius 2 is 1.92 bits per heavy atom. The zero-order chi connectivity index (χ0) is 18.4. The van der Waals surface area contributed by atoms with Gasteiger partial charge in [-0.15, -0.1) is 12.6 Å². The van der Waals surface area contributed by atoms with E-state index in [-0.39, 0.29) is 6.03 Å². The minimum Gasteiger partial charge on any atom is -0.378 e. The van der Waals surface area contributed by atoms with Crippen LogP contribution in [0.25, 0.3) is 0 Å². The highest BCUT2D eigenvalue weighted by molar-refractivity contribution is 7.83. The summed E-state index contributed by atoms with van der Waals surface area (Å²) in [6.07, 6.45) is 13.3. The van der Waals surface area contributed by atoms with E-state index in [1.165, 1.54) is 30.6 Å². The molecule has 1 aromatic rings. The molecule has 26 heavy (non-hydrogen) atoms. The number of nitrogens with one attached hydrogen (secondary N) is 1. The fourth-order valence-electron chi connectivity index (χ4n) is 4.24. The third kappa shape index (κ3) is 5.36. The number of thiol groups is 1. The first kappa shape index (κ1) is 20.0. The van der Waals surface area contributed by atoms with Crippen LogP contribution >= 0.6 is 24.0 Å². The smallest absolute Gasteiger partial charge is 0.324 e. The van der Waals surface area contributed by atoms with Crippen LogP contribution in [0.1, 0.15) is 71.1 Å². The average Bonchev–Trinajstić information content (AvgIpc) is 3.07. The summed E-state index contributed by atoms with van der Waals surface area (Å²) in [5.74, 6) is 0. The van der Waals surface area contributed by atoms with Gasteiger partial charge >= 0.3 is 6.03 Å². The van der Waals surface area contributed by atoms with Gasteiger partial charge in [0.25, 0.3) is 0 Å². The minimum absolute atomic E-state index is 0.0116. The number of hydrogen-bond acceptors (Lipinski definition) is 5. The van der Waals surface area contributed by atoms with Crippen LogP contribution in [-0.4, -0.2) is 40.7 Å². The van der Waals surface area contributed by atoms with Crippen LogP contribution in [-0.2, 0) is 4.74 Å². The second-order valence-corrected chi connectivity index (χ2v) is 9.25. The highest BCUT2D eigenvalue weighted by atomic mass is 32.2. The number of thiazole rings is 1. The summed E-state index contributed by atoms with van der Waals surface area (Å²) >= 11 is 5.71. The van der Waals surface area contributed by atoms with E-state index in [2.05, 4.69) is 34.8 Å². The molecular weight excluding hydrogens is 366 g/mol. The Balaban J connectivity index is 1.64. The molecule has 0 saturated heterocycles. The molecule has 0 bridgehead atoms. The number of carbonyl (C=O) groups is 1. The number of aromatic nitrogens is 1. The summed E-state index contributed by atoms with van der Waals surface area (Å²) in [6.45, 7) is 2.99. The first-order valence-electron chi connectivity index (χ1n) is 10.0. The maximum atomic E-state index is 13.1. The number of amides is 2. The van der Waals surface area contributed by atoms with E-state index in [1.54, 1.807) is 6.20 Å². The zero-order valence-corrected chi connectivity index (χ0v) is 17.4. The van der Waals surface area contributed by atoms with E-state index in [0.29, 0.717) is 23.3 Å². The molecule has 0 spiro atoms. The van der Waals surface area contributed by atoms with Crippen LogP contribution < -0.4 is 5.32 Å². The monoisotopic (exact) mass is 397 g/mol. The Bertz CT molecular complexity index is 567. The fraction of sp³-hybridized carbons (Fsp3) is 0.789. The van der Waals surface area contributed by atoms with Crippen LogP contribution in [0.5, 0.6) is 0 Å².